The summed E-state index contributed by atoms with van der Waals surface area (Å²) in [5, 5.41) is 6.32. The summed E-state index contributed by atoms with van der Waals surface area (Å²) in [5.74, 6) is 1.44. The molecule has 1 amide bonds. The molecule has 0 saturated heterocycles. The molecule has 0 aromatic heterocycles. The van der Waals surface area contributed by atoms with Crippen molar-refractivity contribution in [3.8, 4) is 0 Å². The van der Waals surface area contributed by atoms with Crippen molar-refractivity contribution in [2.45, 2.75) is 59.9 Å². The molecule has 0 aromatic rings. The Labute approximate surface area is 107 Å². The number of nitrogens with one attached hydrogen (secondary N) is 2. The summed E-state index contributed by atoms with van der Waals surface area (Å²) in [4.78, 5) is 11.4. The summed E-state index contributed by atoms with van der Waals surface area (Å²) in [6.07, 6.45) is 3.01. The highest BCUT2D eigenvalue weighted by Gasteiger charge is 2.05. The fourth-order valence-electron chi connectivity index (χ4n) is 1.52. The molecule has 3 nitrogen and oxygen atoms in total. The van der Waals surface area contributed by atoms with Gasteiger partial charge in [0.05, 0.1) is 0 Å². The largest absolute Gasteiger partial charge is 0.356 e. The van der Waals surface area contributed by atoms with Crippen LogP contribution in [-0.4, -0.2) is 25.0 Å². The number of carbonyl (C=O) groups is 1. The first-order valence-corrected chi connectivity index (χ1v) is 6.91. The van der Waals surface area contributed by atoms with E-state index in [4.69, 9.17) is 0 Å². The molecule has 0 heterocycles. The Balaban J connectivity index is 3.45. The molecule has 0 fully saturated rings. The Kier molecular flexibility index (Phi) is 9.14. The molecule has 0 rings (SSSR count). The summed E-state index contributed by atoms with van der Waals surface area (Å²) in [7, 11) is 0. The van der Waals surface area contributed by atoms with Crippen LogP contribution in [0.2, 0.25) is 0 Å². The van der Waals surface area contributed by atoms with Gasteiger partial charge in [0.25, 0.3) is 0 Å². The predicted octanol–water partition coefficient (Wildman–Crippen LogP) is 2.56. The van der Waals surface area contributed by atoms with Crippen LogP contribution >= 0.6 is 0 Å². The van der Waals surface area contributed by atoms with Crippen LogP contribution in [0.25, 0.3) is 0 Å². The topological polar surface area (TPSA) is 41.1 Å². The zero-order valence-electron chi connectivity index (χ0n) is 12.2. The van der Waals surface area contributed by atoms with Crippen molar-refractivity contribution in [1.82, 2.24) is 10.6 Å². The Morgan fingerprint density at radius 3 is 2.18 bits per heavy atom. The second-order valence-electron chi connectivity index (χ2n) is 5.77. The van der Waals surface area contributed by atoms with E-state index in [0.717, 1.165) is 19.0 Å². The molecule has 0 saturated carbocycles. The molecule has 0 bridgehead atoms. The van der Waals surface area contributed by atoms with Crippen molar-refractivity contribution in [2.75, 3.05) is 13.1 Å². The smallest absolute Gasteiger partial charge is 0.221 e. The SMILES string of the molecule is CC(C)CCC(C)NCCC(=O)NCC(C)C. The van der Waals surface area contributed by atoms with Gasteiger partial charge in [-0.1, -0.05) is 27.7 Å². The lowest BCUT2D eigenvalue weighted by molar-refractivity contribution is -0.121. The van der Waals surface area contributed by atoms with Crippen molar-refractivity contribution >= 4 is 5.91 Å². The lowest BCUT2D eigenvalue weighted by atomic mass is 10.0. The average molecular weight is 242 g/mol. The molecule has 0 aromatic carbocycles. The number of amides is 1. The van der Waals surface area contributed by atoms with E-state index in [0.29, 0.717) is 18.4 Å². The lowest BCUT2D eigenvalue weighted by Gasteiger charge is -2.15. The highest BCUT2D eigenvalue weighted by atomic mass is 16.1. The monoisotopic (exact) mass is 242 g/mol. The number of rotatable bonds is 9. The molecule has 0 aliphatic heterocycles. The van der Waals surface area contributed by atoms with Crippen molar-refractivity contribution in [2.24, 2.45) is 11.8 Å². The second-order valence-corrected chi connectivity index (χ2v) is 5.77. The zero-order chi connectivity index (χ0) is 13.3. The summed E-state index contributed by atoms with van der Waals surface area (Å²) in [6, 6.07) is 0.510. The highest BCUT2D eigenvalue weighted by Crippen LogP contribution is 2.06. The first-order chi connectivity index (χ1) is 7.91. The fraction of sp³-hybridized carbons (Fsp3) is 0.929. The molecule has 1 unspecified atom stereocenters. The maximum absolute atomic E-state index is 11.4. The van der Waals surface area contributed by atoms with E-state index in [1.165, 1.54) is 12.8 Å². The number of hydrogen-bond acceptors (Lipinski definition) is 2. The van der Waals surface area contributed by atoms with Gasteiger partial charge in [0.2, 0.25) is 5.91 Å². The summed E-state index contributed by atoms with van der Waals surface area (Å²) >= 11 is 0. The van der Waals surface area contributed by atoms with Gasteiger partial charge < -0.3 is 10.6 Å². The van der Waals surface area contributed by atoms with Crippen molar-refractivity contribution in [3.63, 3.8) is 0 Å². The van der Waals surface area contributed by atoms with E-state index < -0.39 is 0 Å². The first-order valence-electron chi connectivity index (χ1n) is 6.91. The minimum Gasteiger partial charge on any atom is -0.356 e. The predicted molar refractivity (Wildman–Crippen MR) is 74.0 cm³/mol. The Bertz CT molecular complexity index is 202. The first kappa shape index (κ1) is 16.4. The van der Waals surface area contributed by atoms with E-state index in [1.54, 1.807) is 0 Å². The quantitative estimate of drug-likeness (QED) is 0.652. The van der Waals surface area contributed by atoms with Crippen LogP contribution < -0.4 is 10.6 Å². The Morgan fingerprint density at radius 2 is 1.65 bits per heavy atom. The maximum Gasteiger partial charge on any atom is 0.221 e. The van der Waals surface area contributed by atoms with Crippen LogP contribution in [-0.2, 0) is 4.79 Å². The van der Waals surface area contributed by atoms with E-state index in [-0.39, 0.29) is 5.91 Å². The third-order valence-corrected chi connectivity index (χ3v) is 2.73. The van der Waals surface area contributed by atoms with Crippen LogP contribution in [0.4, 0.5) is 0 Å². The van der Waals surface area contributed by atoms with Crippen LogP contribution in [0.3, 0.4) is 0 Å². The fourth-order valence-corrected chi connectivity index (χ4v) is 1.52. The van der Waals surface area contributed by atoms with Crippen molar-refractivity contribution < 1.29 is 4.79 Å². The second kappa shape index (κ2) is 9.46. The maximum atomic E-state index is 11.4. The molecule has 1 atom stereocenters. The van der Waals surface area contributed by atoms with Crippen LogP contribution in [0.1, 0.15) is 53.9 Å². The molecular weight excluding hydrogens is 212 g/mol. The van der Waals surface area contributed by atoms with Gasteiger partial charge in [-0.15, -0.1) is 0 Å². The standard InChI is InChI=1S/C14H30N2O/c1-11(2)6-7-13(5)15-9-8-14(17)16-10-12(3)4/h11-13,15H,6-10H2,1-5H3,(H,16,17). The third-order valence-electron chi connectivity index (χ3n) is 2.73. The van der Waals surface area contributed by atoms with Crippen LogP contribution in [0.15, 0.2) is 0 Å². The van der Waals surface area contributed by atoms with E-state index in [9.17, 15) is 4.79 Å². The minimum absolute atomic E-state index is 0.155. The van der Waals surface area contributed by atoms with Crippen LogP contribution in [0.5, 0.6) is 0 Å². The Morgan fingerprint density at radius 1 is 1.00 bits per heavy atom. The normalized spacial score (nSPS) is 13.1. The van der Waals surface area contributed by atoms with E-state index >= 15 is 0 Å². The van der Waals surface area contributed by atoms with Gasteiger partial charge in [-0.25, -0.2) is 0 Å². The Hall–Kier alpha value is -0.570. The van der Waals surface area contributed by atoms with Gasteiger partial charge >= 0.3 is 0 Å². The van der Waals surface area contributed by atoms with Gasteiger partial charge in [-0.05, 0) is 31.6 Å². The number of carbonyl (C=O) groups excluding carboxylic acids is 1. The van der Waals surface area contributed by atoms with Gasteiger partial charge in [-0.3, -0.25) is 4.79 Å². The van der Waals surface area contributed by atoms with Gasteiger partial charge in [-0.2, -0.15) is 0 Å². The number of hydrogen-bond donors (Lipinski definition) is 2. The molecule has 0 aliphatic carbocycles. The van der Waals surface area contributed by atoms with Crippen molar-refractivity contribution in [1.29, 1.82) is 0 Å². The summed E-state index contributed by atoms with van der Waals surface area (Å²) in [6.45, 7) is 12.4. The molecule has 3 heteroatoms. The van der Waals surface area contributed by atoms with Gasteiger partial charge in [0, 0.05) is 25.6 Å². The molecule has 0 aliphatic rings. The van der Waals surface area contributed by atoms with E-state index in [1.807, 2.05) is 0 Å². The molecule has 0 spiro atoms. The van der Waals surface area contributed by atoms with Crippen molar-refractivity contribution in [3.05, 3.63) is 0 Å². The van der Waals surface area contributed by atoms with E-state index in [2.05, 4.69) is 45.3 Å². The van der Waals surface area contributed by atoms with Crippen LogP contribution in [0, 0.1) is 11.8 Å². The molecular formula is C14H30N2O. The molecule has 102 valence electrons. The lowest BCUT2D eigenvalue weighted by Crippen LogP contribution is -2.33. The zero-order valence-corrected chi connectivity index (χ0v) is 12.2. The molecule has 17 heavy (non-hydrogen) atoms. The summed E-state index contributed by atoms with van der Waals surface area (Å²) in [5.41, 5.74) is 0. The highest BCUT2D eigenvalue weighted by molar-refractivity contribution is 5.76. The minimum atomic E-state index is 0.155. The molecule has 2 N–H and O–H groups in total. The summed E-state index contributed by atoms with van der Waals surface area (Å²) < 4.78 is 0. The van der Waals surface area contributed by atoms with Gasteiger partial charge in [0.15, 0.2) is 0 Å². The van der Waals surface area contributed by atoms with Gasteiger partial charge in [0.1, 0.15) is 0 Å². The average Bonchev–Trinajstić information content (AvgIpc) is 2.23. The third kappa shape index (κ3) is 11.7. The molecule has 0 radical (unpaired) electrons.